The maximum atomic E-state index is 13.3. The quantitative estimate of drug-likeness (QED) is 0.414. The van der Waals surface area contributed by atoms with Crippen molar-refractivity contribution in [3.05, 3.63) is 76.7 Å². The third-order valence-corrected chi connectivity index (χ3v) is 6.58. The van der Waals surface area contributed by atoms with Gasteiger partial charge in [0.05, 0.1) is 11.9 Å². The van der Waals surface area contributed by atoms with Crippen molar-refractivity contribution < 1.29 is 26.0 Å². The minimum Gasteiger partial charge on any atom is -0.265 e. The van der Waals surface area contributed by atoms with Crippen LogP contribution in [0, 0.1) is 5.82 Å². The molecule has 0 N–H and O–H groups in total. The Labute approximate surface area is 184 Å². The molecule has 3 aromatic heterocycles. The van der Waals surface area contributed by atoms with Crippen LogP contribution in [0.4, 0.5) is 17.6 Å². The number of halogens is 4. The van der Waals surface area contributed by atoms with Crippen molar-refractivity contribution in [2.75, 3.05) is 5.75 Å². The van der Waals surface area contributed by atoms with Crippen LogP contribution in [0.25, 0.3) is 27.8 Å². The minimum atomic E-state index is -4.78. The molecule has 0 spiro atoms. The Bertz CT molecular complexity index is 1530. The average Bonchev–Trinajstić information content (AvgIpc) is 2.79. The highest BCUT2D eigenvalue weighted by atomic mass is 32.2. The van der Waals surface area contributed by atoms with E-state index in [4.69, 9.17) is 0 Å². The van der Waals surface area contributed by atoms with Gasteiger partial charge in [-0.05, 0) is 35.9 Å². The first-order chi connectivity index (χ1) is 15.5. The lowest BCUT2D eigenvalue weighted by Crippen LogP contribution is -2.25. The van der Waals surface area contributed by atoms with E-state index in [9.17, 15) is 30.8 Å². The Kier molecular flexibility index (Phi) is 5.48. The van der Waals surface area contributed by atoms with E-state index in [1.165, 1.54) is 43.5 Å². The zero-order chi connectivity index (χ0) is 24.0. The summed E-state index contributed by atoms with van der Waals surface area (Å²) in [5.74, 6) is -1.20. The molecule has 4 aromatic rings. The molecule has 0 fully saturated rings. The normalized spacial score (nSPS) is 12.3. The molecule has 0 bridgehead atoms. The van der Waals surface area contributed by atoms with Gasteiger partial charge in [-0.3, -0.25) is 4.79 Å². The van der Waals surface area contributed by atoms with E-state index in [0.29, 0.717) is 15.8 Å². The standard InChI is InChI=1S/C21H14F4N4O3S/c1-2-33(31,32)16-9-14(12-3-6-15(22)7-4-12)10-26-19(16)29-20(30)18-13(11-27-29)5-8-17(28-18)21(23,24)25/h3-11H,2H2,1H3. The molecule has 0 saturated heterocycles. The second-order valence-electron chi connectivity index (χ2n) is 6.95. The monoisotopic (exact) mass is 478 g/mol. The van der Waals surface area contributed by atoms with E-state index in [1.807, 2.05) is 0 Å². The Morgan fingerprint density at radius 3 is 2.33 bits per heavy atom. The molecule has 0 saturated carbocycles. The van der Waals surface area contributed by atoms with E-state index in [1.54, 1.807) is 0 Å². The molecule has 33 heavy (non-hydrogen) atoms. The van der Waals surface area contributed by atoms with Gasteiger partial charge in [0.15, 0.2) is 15.7 Å². The molecule has 0 atom stereocenters. The summed E-state index contributed by atoms with van der Waals surface area (Å²) in [4.78, 5) is 20.1. The second kappa shape index (κ2) is 8.03. The summed E-state index contributed by atoms with van der Waals surface area (Å²) in [5, 5.41) is 3.95. The number of alkyl halides is 3. The highest BCUT2D eigenvalue weighted by Gasteiger charge is 2.33. The first kappa shape index (κ1) is 22.5. The smallest absolute Gasteiger partial charge is 0.265 e. The van der Waals surface area contributed by atoms with E-state index in [-0.39, 0.29) is 21.9 Å². The number of benzene rings is 1. The SMILES string of the molecule is CCS(=O)(=O)c1cc(-c2ccc(F)cc2)cnc1-n1ncc2ccc(C(F)(F)F)nc2c1=O. The Hall–Kier alpha value is -3.67. The lowest BCUT2D eigenvalue weighted by molar-refractivity contribution is -0.140. The van der Waals surface area contributed by atoms with Crippen LogP contribution in [0.1, 0.15) is 12.6 Å². The third kappa shape index (κ3) is 4.21. The van der Waals surface area contributed by atoms with Crippen molar-refractivity contribution >= 4 is 20.7 Å². The lowest BCUT2D eigenvalue weighted by Gasteiger charge is -2.13. The fraction of sp³-hybridized carbons (Fsp3) is 0.143. The van der Waals surface area contributed by atoms with Gasteiger partial charge in [0, 0.05) is 17.1 Å². The van der Waals surface area contributed by atoms with Crippen LogP contribution in [-0.2, 0) is 16.0 Å². The summed E-state index contributed by atoms with van der Waals surface area (Å²) in [6.07, 6.45) is -2.42. The van der Waals surface area contributed by atoms with Gasteiger partial charge in [-0.15, -0.1) is 0 Å². The molecular weight excluding hydrogens is 464 g/mol. The molecule has 12 heteroatoms. The number of pyridine rings is 2. The number of nitrogens with zero attached hydrogens (tertiary/aromatic N) is 4. The second-order valence-corrected chi connectivity index (χ2v) is 9.20. The van der Waals surface area contributed by atoms with Gasteiger partial charge in [-0.1, -0.05) is 19.1 Å². The van der Waals surface area contributed by atoms with Crippen molar-refractivity contribution in [1.29, 1.82) is 0 Å². The van der Waals surface area contributed by atoms with Crippen LogP contribution in [0.5, 0.6) is 0 Å². The molecule has 0 amide bonds. The van der Waals surface area contributed by atoms with Crippen LogP contribution in [0.15, 0.2) is 64.5 Å². The molecule has 3 heterocycles. The van der Waals surface area contributed by atoms with Crippen LogP contribution in [0.3, 0.4) is 0 Å². The van der Waals surface area contributed by atoms with Crippen LogP contribution in [-0.4, -0.2) is 33.9 Å². The van der Waals surface area contributed by atoms with E-state index < -0.39 is 38.6 Å². The first-order valence-electron chi connectivity index (χ1n) is 9.46. The van der Waals surface area contributed by atoms with Gasteiger partial charge < -0.3 is 0 Å². The molecule has 0 unspecified atom stereocenters. The van der Waals surface area contributed by atoms with Crippen molar-refractivity contribution in [1.82, 2.24) is 19.7 Å². The predicted octanol–water partition coefficient (Wildman–Crippen LogP) is 3.79. The van der Waals surface area contributed by atoms with Gasteiger partial charge in [-0.2, -0.15) is 23.0 Å². The number of hydrogen-bond donors (Lipinski definition) is 0. The summed E-state index contributed by atoms with van der Waals surface area (Å²) in [6, 6.07) is 8.27. The van der Waals surface area contributed by atoms with Gasteiger partial charge in [0.2, 0.25) is 0 Å². The number of sulfone groups is 1. The average molecular weight is 478 g/mol. The molecule has 170 valence electrons. The highest BCUT2D eigenvalue weighted by Crippen LogP contribution is 2.29. The maximum absolute atomic E-state index is 13.3. The molecule has 0 aliphatic heterocycles. The largest absolute Gasteiger partial charge is 0.433 e. The van der Waals surface area contributed by atoms with E-state index in [0.717, 1.165) is 18.3 Å². The van der Waals surface area contributed by atoms with Crippen LogP contribution >= 0.6 is 0 Å². The fourth-order valence-electron chi connectivity index (χ4n) is 3.11. The number of hydrogen-bond acceptors (Lipinski definition) is 6. The Balaban J connectivity index is 1.97. The molecule has 7 nitrogen and oxygen atoms in total. The first-order valence-corrected chi connectivity index (χ1v) is 11.1. The lowest BCUT2D eigenvalue weighted by atomic mass is 10.1. The summed E-state index contributed by atoms with van der Waals surface area (Å²) in [6.45, 7) is 1.39. The van der Waals surface area contributed by atoms with Crippen LogP contribution < -0.4 is 5.56 Å². The molecule has 0 aliphatic rings. The topological polar surface area (TPSA) is 94.8 Å². The molecule has 1 aromatic carbocycles. The van der Waals surface area contributed by atoms with E-state index in [2.05, 4.69) is 15.1 Å². The van der Waals surface area contributed by atoms with Crippen molar-refractivity contribution in [2.45, 2.75) is 18.0 Å². The van der Waals surface area contributed by atoms with Crippen molar-refractivity contribution in [3.63, 3.8) is 0 Å². The van der Waals surface area contributed by atoms with Crippen molar-refractivity contribution in [3.8, 4) is 16.9 Å². The molecule has 4 rings (SSSR count). The zero-order valence-electron chi connectivity index (χ0n) is 16.8. The minimum absolute atomic E-state index is 0.0482. The fourth-order valence-corrected chi connectivity index (χ4v) is 4.14. The summed E-state index contributed by atoms with van der Waals surface area (Å²) in [7, 11) is -3.95. The van der Waals surface area contributed by atoms with Gasteiger partial charge in [0.1, 0.15) is 21.9 Å². The van der Waals surface area contributed by atoms with Crippen LogP contribution in [0.2, 0.25) is 0 Å². The van der Waals surface area contributed by atoms with Gasteiger partial charge in [0.25, 0.3) is 5.56 Å². The molecule has 0 radical (unpaired) electrons. The van der Waals surface area contributed by atoms with Gasteiger partial charge in [-0.25, -0.2) is 22.8 Å². The number of rotatable bonds is 4. The van der Waals surface area contributed by atoms with Gasteiger partial charge >= 0.3 is 6.18 Å². The van der Waals surface area contributed by atoms with E-state index >= 15 is 0 Å². The van der Waals surface area contributed by atoms with Crippen molar-refractivity contribution in [2.24, 2.45) is 0 Å². The Morgan fingerprint density at radius 1 is 1.00 bits per heavy atom. The maximum Gasteiger partial charge on any atom is 0.433 e. The molecule has 0 aliphatic carbocycles. The predicted molar refractivity (Wildman–Crippen MR) is 111 cm³/mol. The summed E-state index contributed by atoms with van der Waals surface area (Å²) >= 11 is 0. The number of aromatic nitrogens is 4. The molecular formula is C21H14F4N4O3S. The number of fused-ring (bicyclic) bond motifs is 1. The summed E-state index contributed by atoms with van der Waals surface area (Å²) < 4.78 is 78.6. The zero-order valence-corrected chi connectivity index (χ0v) is 17.7. The third-order valence-electron chi connectivity index (χ3n) is 4.85. The highest BCUT2D eigenvalue weighted by molar-refractivity contribution is 7.91. The summed E-state index contributed by atoms with van der Waals surface area (Å²) in [5.41, 5.74) is -2.07. The Morgan fingerprint density at radius 2 is 1.70 bits per heavy atom.